The number of aromatic nitrogens is 3. The molecule has 0 saturated carbocycles. The highest BCUT2D eigenvalue weighted by molar-refractivity contribution is 5.93. The van der Waals surface area contributed by atoms with Crippen molar-refractivity contribution < 1.29 is 13.2 Å². The summed E-state index contributed by atoms with van der Waals surface area (Å²) >= 11 is 0. The molecule has 0 fully saturated rings. The Kier molecular flexibility index (Phi) is 2.77. The first-order chi connectivity index (χ1) is 11.0. The number of aromatic amines is 1. The molecule has 0 amide bonds. The van der Waals surface area contributed by atoms with Crippen LogP contribution >= 0.6 is 0 Å². The highest BCUT2D eigenvalue weighted by atomic mass is 19.1. The van der Waals surface area contributed by atoms with Crippen LogP contribution in [0.1, 0.15) is 0 Å². The normalized spacial score (nSPS) is 11.4. The molecule has 23 heavy (non-hydrogen) atoms. The van der Waals surface area contributed by atoms with Gasteiger partial charge in [-0.3, -0.25) is 4.79 Å². The SMILES string of the molecule is O=c1c2c[nH]c3ccc(F)cc3c-2nn1-c1cc(F)ccc1F. The molecule has 0 unspecified atom stereocenters. The summed E-state index contributed by atoms with van der Waals surface area (Å²) < 4.78 is 41.5. The van der Waals surface area contributed by atoms with Gasteiger partial charge >= 0.3 is 0 Å². The lowest BCUT2D eigenvalue weighted by Gasteiger charge is -2.02. The lowest BCUT2D eigenvalue weighted by Crippen LogP contribution is -2.16. The largest absolute Gasteiger partial charge is 0.360 e. The van der Waals surface area contributed by atoms with Crippen molar-refractivity contribution in [3.8, 4) is 16.9 Å². The number of fused-ring (bicyclic) bond motifs is 3. The number of nitrogens with zero attached hydrogens (tertiary/aromatic N) is 2. The fourth-order valence-electron chi connectivity index (χ4n) is 2.54. The van der Waals surface area contributed by atoms with E-state index in [1.54, 1.807) is 0 Å². The highest BCUT2D eigenvalue weighted by Crippen LogP contribution is 2.27. The van der Waals surface area contributed by atoms with Crippen LogP contribution < -0.4 is 5.56 Å². The minimum atomic E-state index is -0.782. The van der Waals surface area contributed by atoms with Gasteiger partial charge in [-0.15, -0.1) is 0 Å². The Morgan fingerprint density at radius 1 is 1.00 bits per heavy atom. The van der Waals surface area contributed by atoms with Gasteiger partial charge in [0.25, 0.3) is 5.56 Å². The number of H-pyrrole nitrogens is 1. The van der Waals surface area contributed by atoms with Crippen LogP contribution in [0.4, 0.5) is 13.2 Å². The summed E-state index contributed by atoms with van der Waals surface area (Å²) in [6, 6.07) is 6.76. The molecule has 4 rings (SSSR count). The van der Waals surface area contributed by atoms with E-state index in [1.165, 1.54) is 24.4 Å². The van der Waals surface area contributed by atoms with Gasteiger partial charge < -0.3 is 4.98 Å². The van der Waals surface area contributed by atoms with Crippen molar-refractivity contribution >= 4 is 10.9 Å². The molecular weight excluding hydrogens is 307 g/mol. The molecule has 0 atom stereocenters. The summed E-state index contributed by atoms with van der Waals surface area (Å²) in [4.78, 5) is 15.3. The van der Waals surface area contributed by atoms with E-state index in [2.05, 4.69) is 10.1 Å². The van der Waals surface area contributed by atoms with E-state index < -0.39 is 23.0 Å². The summed E-state index contributed by atoms with van der Waals surface area (Å²) in [5.41, 5.74) is 0.0320. The maximum atomic E-state index is 13.9. The predicted molar refractivity (Wildman–Crippen MR) is 78.2 cm³/mol. The summed E-state index contributed by atoms with van der Waals surface area (Å²) in [5.74, 6) is -1.96. The van der Waals surface area contributed by atoms with Gasteiger partial charge in [-0.25, -0.2) is 13.2 Å². The van der Waals surface area contributed by atoms with Crippen molar-refractivity contribution in [1.82, 2.24) is 14.8 Å². The molecule has 2 aromatic rings. The summed E-state index contributed by atoms with van der Waals surface area (Å²) in [7, 11) is 0. The zero-order chi connectivity index (χ0) is 16.1. The molecule has 1 N–H and O–H groups in total. The molecule has 2 aromatic carbocycles. The Balaban J connectivity index is 2.09. The van der Waals surface area contributed by atoms with Gasteiger partial charge in [-0.1, -0.05) is 0 Å². The Hall–Kier alpha value is -3.09. The van der Waals surface area contributed by atoms with E-state index in [9.17, 15) is 18.0 Å². The number of nitrogens with one attached hydrogen (secondary N) is 1. The second-order valence-corrected chi connectivity index (χ2v) is 5.05. The van der Waals surface area contributed by atoms with Crippen LogP contribution in [0.3, 0.4) is 0 Å². The zero-order valence-corrected chi connectivity index (χ0v) is 11.5. The maximum Gasteiger partial charge on any atom is 0.282 e. The molecule has 7 heteroatoms. The van der Waals surface area contributed by atoms with Crippen LogP contribution in [0.15, 0.2) is 47.4 Å². The van der Waals surface area contributed by atoms with E-state index in [1.807, 2.05) is 0 Å². The van der Waals surface area contributed by atoms with E-state index in [0.717, 1.165) is 22.9 Å². The monoisotopic (exact) mass is 315 g/mol. The van der Waals surface area contributed by atoms with Crippen LogP contribution in [0.5, 0.6) is 0 Å². The van der Waals surface area contributed by atoms with Gasteiger partial charge in [0.05, 0.1) is 5.56 Å². The smallest absolute Gasteiger partial charge is 0.282 e. The fourth-order valence-corrected chi connectivity index (χ4v) is 2.54. The first-order valence-electron chi connectivity index (χ1n) is 6.70. The molecule has 0 aliphatic carbocycles. The topological polar surface area (TPSA) is 50.7 Å². The van der Waals surface area contributed by atoms with Crippen molar-refractivity contribution in [3.63, 3.8) is 0 Å². The van der Waals surface area contributed by atoms with Crippen molar-refractivity contribution in [1.29, 1.82) is 0 Å². The molecule has 4 nitrogen and oxygen atoms in total. The average Bonchev–Trinajstić information content (AvgIpc) is 2.87. The first-order valence-corrected chi connectivity index (χ1v) is 6.70. The molecule has 2 heterocycles. The Labute approximate surface area is 127 Å². The molecule has 0 bridgehead atoms. The molecule has 2 aliphatic rings. The third-order valence-corrected chi connectivity index (χ3v) is 3.62. The van der Waals surface area contributed by atoms with Crippen LogP contribution in [0, 0.1) is 17.5 Å². The van der Waals surface area contributed by atoms with E-state index in [-0.39, 0.29) is 16.9 Å². The van der Waals surface area contributed by atoms with Crippen LogP contribution in [-0.4, -0.2) is 14.8 Å². The molecule has 0 aromatic heterocycles. The number of hydrogen-bond acceptors (Lipinski definition) is 2. The lowest BCUT2D eigenvalue weighted by atomic mass is 10.1. The molecule has 114 valence electrons. The van der Waals surface area contributed by atoms with Gasteiger partial charge in [0.2, 0.25) is 0 Å². The molecule has 2 aliphatic heterocycles. The van der Waals surface area contributed by atoms with Crippen molar-refractivity contribution in [2.75, 3.05) is 0 Å². The van der Waals surface area contributed by atoms with E-state index in [4.69, 9.17) is 0 Å². The maximum absolute atomic E-state index is 13.9. The van der Waals surface area contributed by atoms with Gasteiger partial charge in [0.1, 0.15) is 28.8 Å². The van der Waals surface area contributed by atoms with Gasteiger partial charge in [-0.05, 0) is 30.3 Å². The van der Waals surface area contributed by atoms with E-state index >= 15 is 0 Å². The molecule has 0 spiro atoms. The second-order valence-electron chi connectivity index (χ2n) is 5.05. The second kappa shape index (κ2) is 4.70. The fraction of sp³-hybridized carbons (Fsp3) is 0. The van der Waals surface area contributed by atoms with Crippen LogP contribution in [0.25, 0.3) is 27.8 Å². The van der Waals surface area contributed by atoms with Crippen molar-refractivity contribution in [3.05, 3.63) is 70.4 Å². The molecule has 0 radical (unpaired) electrons. The quantitative estimate of drug-likeness (QED) is 0.586. The molecular formula is C16H8F3N3O. The Bertz CT molecular complexity index is 1080. The number of benzene rings is 2. The summed E-state index contributed by atoms with van der Waals surface area (Å²) in [6.07, 6.45) is 1.42. The number of halogens is 3. The third-order valence-electron chi connectivity index (χ3n) is 3.62. The highest BCUT2D eigenvalue weighted by Gasteiger charge is 2.21. The number of rotatable bonds is 1. The summed E-state index contributed by atoms with van der Waals surface area (Å²) in [5, 5.41) is 4.45. The van der Waals surface area contributed by atoms with Crippen LogP contribution in [-0.2, 0) is 0 Å². The Morgan fingerprint density at radius 3 is 2.57 bits per heavy atom. The van der Waals surface area contributed by atoms with Crippen molar-refractivity contribution in [2.24, 2.45) is 0 Å². The van der Waals surface area contributed by atoms with Gasteiger partial charge in [-0.2, -0.15) is 9.78 Å². The standard InChI is InChI=1S/C16H8F3N3O/c17-8-2-4-13-10(5-8)15-11(7-20-13)16(23)22(21-15)14-6-9(18)1-3-12(14)19/h1-7,20H. The Morgan fingerprint density at radius 2 is 1.74 bits per heavy atom. The minimum Gasteiger partial charge on any atom is -0.360 e. The lowest BCUT2D eigenvalue weighted by molar-refractivity contribution is 0.585. The van der Waals surface area contributed by atoms with Crippen molar-refractivity contribution in [2.45, 2.75) is 0 Å². The number of pyridine rings is 1. The predicted octanol–water partition coefficient (Wildman–Crippen LogP) is 3.24. The van der Waals surface area contributed by atoms with Gasteiger partial charge in [0.15, 0.2) is 0 Å². The van der Waals surface area contributed by atoms with Gasteiger partial charge in [0, 0.05) is 23.2 Å². The average molecular weight is 315 g/mol. The van der Waals surface area contributed by atoms with Crippen LogP contribution in [0.2, 0.25) is 0 Å². The first kappa shape index (κ1) is 13.6. The molecule has 0 saturated heterocycles. The zero-order valence-electron chi connectivity index (χ0n) is 11.5. The minimum absolute atomic E-state index is 0.159. The third kappa shape index (κ3) is 2.01. The summed E-state index contributed by atoms with van der Waals surface area (Å²) in [6.45, 7) is 0. The number of hydrogen-bond donors (Lipinski definition) is 1. The van der Waals surface area contributed by atoms with E-state index in [0.29, 0.717) is 10.9 Å².